The number of piperidine rings is 1. The average molecular weight is 405 g/mol. The summed E-state index contributed by atoms with van der Waals surface area (Å²) in [4.78, 5) is 15.0. The molecule has 0 bridgehead atoms. The van der Waals surface area contributed by atoms with E-state index in [1.165, 1.54) is 0 Å². The standard InChI is InChI=1S/C21H28N2O4S/c1-16-8-4-7-13-23(16)21(24)20-15-17-14-18(9-10-19(17)27-20)28(25,26)22-11-5-2-3-6-12-22/h9-10,14-16H,2-8,11-13H2,1H3. The number of rotatable bonds is 3. The fourth-order valence-electron chi connectivity index (χ4n) is 4.26. The van der Waals surface area contributed by atoms with Crippen molar-refractivity contribution in [2.45, 2.75) is 62.8 Å². The summed E-state index contributed by atoms with van der Waals surface area (Å²) in [6.45, 7) is 3.95. The van der Waals surface area contributed by atoms with Gasteiger partial charge in [-0.3, -0.25) is 4.79 Å². The fourth-order valence-corrected chi connectivity index (χ4v) is 5.81. The van der Waals surface area contributed by atoms with Crippen molar-refractivity contribution in [3.05, 3.63) is 30.0 Å². The Bertz CT molecular complexity index is 958. The van der Waals surface area contributed by atoms with Crippen LogP contribution in [0.5, 0.6) is 0 Å². The van der Waals surface area contributed by atoms with E-state index in [1.807, 2.05) is 4.90 Å². The van der Waals surface area contributed by atoms with Gasteiger partial charge in [-0.2, -0.15) is 4.31 Å². The molecule has 152 valence electrons. The van der Waals surface area contributed by atoms with Crippen LogP contribution in [0.2, 0.25) is 0 Å². The van der Waals surface area contributed by atoms with Crippen molar-refractivity contribution in [3.8, 4) is 0 Å². The molecular weight excluding hydrogens is 376 g/mol. The summed E-state index contributed by atoms with van der Waals surface area (Å²) >= 11 is 0. The highest BCUT2D eigenvalue weighted by atomic mass is 32.2. The molecule has 1 unspecified atom stereocenters. The second kappa shape index (κ2) is 7.87. The third-order valence-electron chi connectivity index (χ3n) is 5.97. The molecule has 0 spiro atoms. The molecule has 0 aliphatic carbocycles. The van der Waals surface area contributed by atoms with Gasteiger partial charge in [-0.05, 0) is 63.3 Å². The van der Waals surface area contributed by atoms with Crippen LogP contribution in [-0.2, 0) is 10.0 Å². The zero-order valence-electron chi connectivity index (χ0n) is 16.4. The largest absolute Gasteiger partial charge is 0.451 e. The molecule has 1 atom stereocenters. The number of nitrogens with zero attached hydrogens (tertiary/aromatic N) is 2. The van der Waals surface area contributed by atoms with Crippen LogP contribution in [0.25, 0.3) is 11.0 Å². The van der Waals surface area contributed by atoms with Gasteiger partial charge in [-0.1, -0.05) is 12.8 Å². The molecule has 1 aromatic heterocycles. The predicted octanol–water partition coefficient (Wildman–Crippen LogP) is 4.01. The molecule has 0 saturated carbocycles. The van der Waals surface area contributed by atoms with Crippen molar-refractivity contribution in [2.75, 3.05) is 19.6 Å². The van der Waals surface area contributed by atoms with Crippen molar-refractivity contribution < 1.29 is 17.6 Å². The van der Waals surface area contributed by atoms with Crippen molar-refractivity contribution in [1.29, 1.82) is 0 Å². The Balaban J connectivity index is 1.62. The molecule has 3 heterocycles. The lowest BCUT2D eigenvalue weighted by atomic mass is 10.0. The molecule has 2 aromatic rings. The number of carbonyl (C=O) groups excluding carboxylic acids is 1. The van der Waals surface area contributed by atoms with Crippen LogP contribution in [0.1, 0.15) is 62.4 Å². The molecule has 1 aromatic carbocycles. The van der Waals surface area contributed by atoms with E-state index < -0.39 is 10.0 Å². The number of hydrogen-bond donors (Lipinski definition) is 0. The van der Waals surface area contributed by atoms with Crippen LogP contribution >= 0.6 is 0 Å². The van der Waals surface area contributed by atoms with Gasteiger partial charge >= 0.3 is 0 Å². The highest BCUT2D eigenvalue weighted by Gasteiger charge is 2.28. The maximum absolute atomic E-state index is 13.0. The first-order valence-electron chi connectivity index (χ1n) is 10.3. The summed E-state index contributed by atoms with van der Waals surface area (Å²) in [6, 6.07) is 6.77. The molecule has 2 fully saturated rings. The summed E-state index contributed by atoms with van der Waals surface area (Å²) in [5, 5.41) is 0.656. The lowest BCUT2D eigenvalue weighted by Gasteiger charge is -2.32. The molecule has 0 radical (unpaired) electrons. The number of likely N-dealkylation sites (tertiary alicyclic amines) is 1. The fraction of sp³-hybridized carbons (Fsp3) is 0.571. The zero-order valence-corrected chi connectivity index (χ0v) is 17.2. The van der Waals surface area contributed by atoms with Crippen molar-refractivity contribution in [1.82, 2.24) is 9.21 Å². The summed E-state index contributed by atoms with van der Waals surface area (Å²) in [5.74, 6) is 0.174. The molecule has 6 nitrogen and oxygen atoms in total. The van der Waals surface area contributed by atoms with E-state index in [0.29, 0.717) is 24.1 Å². The van der Waals surface area contributed by atoms with Gasteiger partial charge in [-0.15, -0.1) is 0 Å². The SMILES string of the molecule is CC1CCCCN1C(=O)c1cc2cc(S(=O)(=O)N3CCCCCC3)ccc2o1. The van der Waals surface area contributed by atoms with Gasteiger partial charge in [-0.25, -0.2) is 8.42 Å². The van der Waals surface area contributed by atoms with E-state index in [1.54, 1.807) is 28.6 Å². The lowest BCUT2D eigenvalue weighted by molar-refractivity contribution is 0.0605. The number of fused-ring (bicyclic) bond motifs is 1. The molecule has 7 heteroatoms. The van der Waals surface area contributed by atoms with Crippen LogP contribution in [0, 0.1) is 0 Å². The highest BCUT2D eigenvalue weighted by Crippen LogP contribution is 2.28. The van der Waals surface area contributed by atoms with E-state index in [9.17, 15) is 13.2 Å². The molecule has 2 saturated heterocycles. The van der Waals surface area contributed by atoms with E-state index in [2.05, 4.69) is 6.92 Å². The zero-order chi connectivity index (χ0) is 19.7. The second-order valence-electron chi connectivity index (χ2n) is 7.97. The van der Waals surface area contributed by atoms with E-state index in [-0.39, 0.29) is 22.6 Å². The Morgan fingerprint density at radius 1 is 1.00 bits per heavy atom. The maximum atomic E-state index is 13.0. The summed E-state index contributed by atoms with van der Waals surface area (Å²) in [6.07, 6.45) is 7.11. The maximum Gasteiger partial charge on any atom is 0.289 e. The summed E-state index contributed by atoms with van der Waals surface area (Å²) in [5.41, 5.74) is 0.544. The summed E-state index contributed by atoms with van der Waals surface area (Å²) in [7, 11) is -3.52. The Labute approximate surface area is 166 Å². The molecule has 4 rings (SSSR count). The number of sulfonamides is 1. The minimum absolute atomic E-state index is 0.111. The van der Waals surface area contributed by atoms with Gasteiger partial charge < -0.3 is 9.32 Å². The van der Waals surface area contributed by atoms with Crippen molar-refractivity contribution >= 4 is 26.9 Å². The Hall–Kier alpha value is -1.86. The Kier molecular flexibility index (Phi) is 5.47. The lowest BCUT2D eigenvalue weighted by Crippen LogP contribution is -2.41. The molecule has 2 aliphatic heterocycles. The van der Waals surface area contributed by atoms with Crippen LogP contribution in [-0.4, -0.2) is 49.2 Å². The first-order chi connectivity index (χ1) is 13.5. The highest BCUT2D eigenvalue weighted by molar-refractivity contribution is 7.89. The monoisotopic (exact) mass is 404 g/mol. The first-order valence-corrected chi connectivity index (χ1v) is 11.8. The molecular formula is C21H28N2O4S. The normalized spacial score (nSPS) is 22.3. The van der Waals surface area contributed by atoms with Gasteiger partial charge in [0.25, 0.3) is 5.91 Å². The van der Waals surface area contributed by atoms with E-state index >= 15 is 0 Å². The van der Waals surface area contributed by atoms with Gasteiger partial charge in [0.1, 0.15) is 5.58 Å². The number of furan rings is 1. The van der Waals surface area contributed by atoms with Crippen molar-refractivity contribution in [3.63, 3.8) is 0 Å². The molecule has 1 amide bonds. The van der Waals surface area contributed by atoms with Crippen LogP contribution in [0.3, 0.4) is 0 Å². The van der Waals surface area contributed by atoms with Gasteiger partial charge in [0.15, 0.2) is 5.76 Å². The van der Waals surface area contributed by atoms with Gasteiger partial charge in [0, 0.05) is 31.1 Å². The molecule has 0 N–H and O–H groups in total. The Morgan fingerprint density at radius 3 is 2.43 bits per heavy atom. The van der Waals surface area contributed by atoms with E-state index in [4.69, 9.17) is 4.42 Å². The van der Waals surface area contributed by atoms with Crippen LogP contribution < -0.4 is 0 Å². The number of amides is 1. The Morgan fingerprint density at radius 2 is 1.71 bits per heavy atom. The van der Waals surface area contributed by atoms with Gasteiger partial charge in [0.2, 0.25) is 10.0 Å². The predicted molar refractivity (Wildman–Crippen MR) is 108 cm³/mol. The van der Waals surface area contributed by atoms with E-state index in [0.717, 1.165) is 51.5 Å². The van der Waals surface area contributed by atoms with Crippen LogP contribution in [0.4, 0.5) is 0 Å². The third kappa shape index (κ3) is 3.70. The quantitative estimate of drug-likeness (QED) is 0.775. The third-order valence-corrected chi connectivity index (χ3v) is 7.86. The number of carbonyl (C=O) groups is 1. The second-order valence-corrected chi connectivity index (χ2v) is 9.91. The average Bonchev–Trinajstić information content (AvgIpc) is 2.91. The van der Waals surface area contributed by atoms with Crippen LogP contribution in [0.15, 0.2) is 33.6 Å². The molecule has 28 heavy (non-hydrogen) atoms. The number of benzene rings is 1. The minimum Gasteiger partial charge on any atom is -0.451 e. The van der Waals surface area contributed by atoms with Crippen molar-refractivity contribution in [2.24, 2.45) is 0 Å². The number of hydrogen-bond acceptors (Lipinski definition) is 4. The smallest absolute Gasteiger partial charge is 0.289 e. The topological polar surface area (TPSA) is 70.8 Å². The van der Waals surface area contributed by atoms with Gasteiger partial charge in [0.05, 0.1) is 4.90 Å². The first kappa shape index (κ1) is 19.5. The minimum atomic E-state index is -3.52. The molecule has 2 aliphatic rings. The summed E-state index contributed by atoms with van der Waals surface area (Å²) < 4.78 is 33.4.